The molecule has 0 aliphatic carbocycles. The van der Waals surface area contributed by atoms with Crippen LogP contribution < -0.4 is 10.9 Å². The van der Waals surface area contributed by atoms with Gasteiger partial charge in [0, 0.05) is 15.8 Å². The highest BCUT2D eigenvalue weighted by molar-refractivity contribution is 7.26. The van der Waals surface area contributed by atoms with Crippen molar-refractivity contribution in [1.82, 2.24) is 9.78 Å². The van der Waals surface area contributed by atoms with E-state index < -0.39 is 6.04 Å². The molecule has 0 saturated heterocycles. The molecule has 0 radical (unpaired) electrons. The molecule has 1 N–H and O–H groups in total. The average Bonchev–Trinajstić information content (AvgIpc) is 3.11. The molecule has 0 unspecified atom stereocenters. The molecule has 4 aromatic rings. The van der Waals surface area contributed by atoms with Crippen molar-refractivity contribution in [2.75, 3.05) is 5.32 Å². The molecule has 1 amide bonds. The first-order valence-electron chi connectivity index (χ1n) is 9.68. The minimum atomic E-state index is -0.728. The molecule has 29 heavy (non-hydrogen) atoms. The quantitative estimate of drug-likeness (QED) is 0.505. The highest BCUT2D eigenvalue weighted by atomic mass is 32.1. The maximum Gasteiger partial charge on any atom is 0.276 e. The number of aryl methyl sites for hydroxylation is 1. The molecule has 0 aliphatic heterocycles. The van der Waals surface area contributed by atoms with E-state index in [4.69, 9.17) is 0 Å². The number of carbonyl (C=O) groups is 1. The summed E-state index contributed by atoms with van der Waals surface area (Å²) in [5, 5.41) is 8.89. The van der Waals surface area contributed by atoms with Crippen molar-refractivity contribution in [1.29, 1.82) is 0 Å². The molecule has 0 fully saturated rings. The van der Waals surface area contributed by atoms with Crippen molar-refractivity contribution in [3.63, 3.8) is 0 Å². The SMILES string of the molecule is Cc1nn([C@H](C)C(=O)Nc2ccc(C(C)C)cc2)c(=O)c2c1sc1ccccc12. The summed E-state index contributed by atoms with van der Waals surface area (Å²) in [6, 6.07) is 14.9. The molecule has 0 bridgehead atoms. The van der Waals surface area contributed by atoms with Gasteiger partial charge in [0.15, 0.2) is 0 Å². The van der Waals surface area contributed by atoms with Gasteiger partial charge in [0.05, 0.1) is 15.8 Å². The summed E-state index contributed by atoms with van der Waals surface area (Å²) < 4.78 is 3.23. The summed E-state index contributed by atoms with van der Waals surface area (Å²) in [5.74, 6) is 0.159. The number of rotatable bonds is 4. The zero-order chi connectivity index (χ0) is 20.7. The fraction of sp³-hybridized carbons (Fsp3) is 0.261. The fourth-order valence-corrected chi connectivity index (χ4v) is 4.59. The normalized spacial score (nSPS) is 12.6. The molecule has 1 atom stereocenters. The van der Waals surface area contributed by atoms with Crippen molar-refractivity contribution >= 4 is 43.1 Å². The monoisotopic (exact) mass is 405 g/mol. The molecule has 4 rings (SSSR count). The fourth-order valence-electron chi connectivity index (χ4n) is 3.45. The number of anilines is 1. The lowest BCUT2D eigenvalue weighted by molar-refractivity contribution is -0.119. The third-order valence-corrected chi connectivity index (χ3v) is 6.47. The van der Waals surface area contributed by atoms with Gasteiger partial charge in [0.1, 0.15) is 6.04 Å². The van der Waals surface area contributed by atoms with Crippen LogP contribution in [0.4, 0.5) is 5.69 Å². The van der Waals surface area contributed by atoms with E-state index in [0.29, 0.717) is 17.0 Å². The van der Waals surface area contributed by atoms with Gasteiger partial charge in [0.25, 0.3) is 5.56 Å². The first-order valence-corrected chi connectivity index (χ1v) is 10.5. The van der Waals surface area contributed by atoms with Crippen LogP contribution in [0.15, 0.2) is 53.3 Å². The maximum atomic E-state index is 13.2. The number of amides is 1. The van der Waals surface area contributed by atoms with Crippen LogP contribution in [-0.4, -0.2) is 15.7 Å². The maximum absolute atomic E-state index is 13.2. The Morgan fingerprint density at radius 2 is 1.76 bits per heavy atom. The zero-order valence-corrected chi connectivity index (χ0v) is 17.7. The number of hydrogen-bond donors (Lipinski definition) is 1. The number of hydrogen-bond acceptors (Lipinski definition) is 4. The molecule has 148 valence electrons. The molecular formula is C23H23N3O2S. The summed E-state index contributed by atoms with van der Waals surface area (Å²) in [5.41, 5.74) is 2.43. The van der Waals surface area contributed by atoms with E-state index in [9.17, 15) is 9.59 Å². The summed E-state index contributed by atoms with van der Waals surface area (Å²) in [7, 11) is 0. The molecular weight excluding hydrogens is 382 g/mol. The Morgan fingerprint density at radius 3 is 2.45 bits per heavy atom. The van der Waals surface area contributed by atoms with Crippen molar-refractivity contribution in [3.8, 4) is 0 Å². The van der Waals surface area contributed by atoms with Crippen LogP contribution in [-0.2, 0) is 4.79 Å². The Balaban J connectivity index is 1.70. The standard InChI is InChI=1S/C23H23N3O2S/c1-13(2)16-9-11-17(12-10-16)24-22(27)15(4)26-23(28)20-18-7-5-6-8-19(18)29-21(20)14(3)25-26/h5-13,15H,1-4H3,(H,24,27)/t15-/m1/s1. The Kier molecular flexibility index (Phi) is 4.96. The van der Waals surface area contributed by atoms with Crippen LogP contribution >= 0.6 is 11.3 Å². The molecule has 0 aliphatic rings. The van der Waals surface area contributed by atoms with E-state index in [1.807, 2.05) is 55.5 Å². The van der Waals surface area contributed by atoms with Gasteiger partial charge in [0.2, 0.25) is 5.91 Å². The Hall–Kier alpha value is -2.99. The molecule has 2 aromatic carbocycles. The van der Waals surface area contributed by atoms with Crippen molar-refractivity contribution in [2.24, 2.45) is 0 Å². The second-order valence-corrected chi connectivity index (χ2v) is 8.63. The van der Waals surface area contributed by atoms with Gasteiger partial charge in [-0.1, -0.05) is 44.2 Å². The Bertz CT molecular complexity index is 1270. The van der Waals surface area contributed by atoms with Crippen LogP contribution in [0, 0.1) is 6.92 Å². The van der Waals surface area contributed by atoms with Crippen molar-refractivity contribution in [2.45, 2.75) is 39.7 Å². The second-order valence-electron chi connectivity index (χ2n) is 7.58. The van der Waals surface area contributed by atoms with Gasteiger partial charge >= 0.3 is 0 Å². The van der Waals surface area contributed by atoms with Crippen molar-refractivity contribution < 1.29 is 4.79 Å². The topological polar surface area (TPSA) is 64.0 Å². The largest absolute Gasteiger partial charge is 0.324 e. The van der Waals surface area contributed by atoms with Gasteiger partial charge in [-0.25, -0.2) is 4.68 Å². The van der Waals surface area contributed by atoms with Gasteiger partial charge in [-0.2, -0.15) is 5.10 Å². The summed E-state index contributed by atoms with van der Waals surface area (Å²) >= 11 is 1.56. The number of nitrogens with zero attached hydrogens (tertiary/aromatic N) is 2. The van der Waals surface area contributed by atoms with Crippen LogP contribution in [0.2, 0.25) is 0 Å². The van der Waals surface area contributed by atoms with E-state index in [1.54, 1.807) is 18.3 Å². The van der Waals surface area contributed by atoms with Gasteiger partial charge in [-0.3, -0.25) is 9.59 Å². The molecule has 0 spiro atoms. The van der Waals surface area contributed by atoms with Crippen LogP contribution in [0.25, 0.3) is 20.2 Å². The highest BCUT2D eigenvalue weighted by Gasteiger charge is 2.22. The van der Waals surface area contributed by atoms with E-state index in [0.717, 1.165) is 20.5 Å². The Labute approximate surface area is 173 Å². The van der Waals surface area contributed by atoms with Crippen LogP contribution in [0.5, 0.6) is 0 Å². The van der Waals surface area contributed by atoms with E-state index in [-0.39, 0.29) is 11.5 Å². The number of aromatic nitrogens is 2. The molecule has 2 heterocycles. The third kappa shape index (κ3) is 3.44. The van der Waals surface area contributed by atoms with Crippen LogP contribution in [0.1, 0.15) is 44.0 Å². The summed E-state index contributed by atoms with van der Waals surface area (Å²) in [6.07, 6.45) is 0. The second kappa shape index (κ2) is 7.44. The lowest BCUT2D eigenvalue weighted by Crippen LogP contribution is -2.33. The molecule has 0 saturated carbocycles. The minimum absolute atomic E-state index is 0.235. The number of fused-ring (bicyclic) bond motifs is 3. The van der Waals surface area contributed by atoms with Gasteiger partial charge < -0.3 is 5.32 Å². The van der Waals surface area contributed by atoms with Crippen LogP contribution in [0.3, 0.4) is 0 Å². The highest BCUT2D eigenvalue weighted by Crippen LogP contribution is 2.33. The smallest absolute Gasteiger partial charge is 0.276 e. The molecule has 5 nitrogen and oxygen atoms in total. The van der Waals surface area contributed by atoms with E-state index in [1.165, 1.54) is 10.2 Å². The Morgan fingerprint density at radius 1 is 1.07 bits per heavy atom. The van der Waals surface area contributed by atoms with E-state index >= 15 is 0 Å². The number of nitrogens with one attached hydrogen (secondary N) is 1. The lowest BCUT2D eigenvalue weighted by atomic mass is 10.0. The third-order valence-electron chi connectivity index (χ3n) is 5.19. The minimum Gasteiger partial charge on any atom is -0.324 e. The van der Waals surface area contributed by atoms with Gasteiger partial charge in [-0.05, 0) is 43.5 Å². The number of benzene rings is 2. The zero-order valence-electron chi connectivity index (χ0n) is 16.9. The predicted octanol–water partition coefficient (Wildman–Crippen LogP) is 5.24. The predicted molar refractivity (Wildman–Crippen MR) is 120 cm³/mol. The van der Waals surface area contributed by atoms with Gasteiger partial charge in [-0.15, -0.1) is 11.3 Å². The lowest BCUT2D eigenvalue weighted by Gasteiger charge is -2.15. The van der Waals surface area contributed by atoms with E-state index in [2.05, 4.69) is 24.3 Å². The average molecular weight is 406 g/mol. The number of thiophene rings is 1. The first kappa shape index (κ1) is 19.3. The molecule has 2 aromatic heterocycles. The number of carbonyl (C=O) groups excluding carboxylic acids is 1. The van der Waals surface area contributed by atoms with Crippen molar-refractivity contribution in [3.05, 3.63) is 70.1 Å². The molecule has 6 heteroatoms. The summed E-state index contributed by atoms with van der Waals surface area (Å²) in [4.78, 5) is 26.0. The summed E-state index contributed by atoms with van der Waals surface area (Å²) in [6.45, 7) is 7.83. The first-order chi connectivity index (χ1) is 13.9.